The Morgan fingerprint density at radius 2 is 1.77 bits per heavy atom. The van der Waals surface area contributed by atoms with Crippen LogP contribution in [0.3, 0.4) is 0 Å². The maximum Gasteiger partial charge on any atom is 0.0118 e. The first kappa shape index (κ1) is 13.0. The first-order valence-electron chi connectivity index (χ1n) is 5.81. The minimum Gasteiger partial charge on any atom is -0.314 e. The van der Waals surface area contributed by atoms with Gasteiger partial charge < -0.3 is 5.32 Å². The SMILES string of the molecule is CCCCC(NCC)C(C)(C)CC. The topological polar surface area (TPSA) is 12.0 Å². The molecular weight excluding hydrogens is 158 g/mol. The lowest BCUT2D eigenvalue weighted by Gasteiger charge is -2.34. The van der Waals surface area contributed by atoms with Gasteiger partial charge in [0.05, 0.1) is 0 Å². The van der Waals surface area contributed by atoms with E-state index in [0.717, 1.165) is 6.54 Å². The smallest absolute Gasteiger partial charge is 0.0118 e. The average molecular weight is 185 g/mol. The predicted octanol–water partition coefficient (Wildman–Crippen LogP) is 3.59. The van der Waals surface area contributed by atoms with Crippen LogP contribution >= 0.6 is 0 Å². The summed E-state index contributed by atoms with van der Waals surface area (Å²) in [5.41, 5.74) is 0.450. The van der Waals surface area contributed by atoms with Crippen molar-refractivity contribution < 1.29 is 0 Å². The number of rotatable bonds is 7. The zero-order valence-electron chi connectivity index (χ0n) is 10.1. The fourth-order valence-corrected chi connectivity index (χ4v) is 1.67. The van der Waals surface area contributed by atoms with Crippen LogP contribution in [0.1, 0.15) is 60.3 Å². The molecule has 1 N–H and O–H groups in total. The monoisotopic (exact) mass is 185 g/mol. The predicted molar refractivity (Wildman–Crippen MR) is 61.1 cm³/mol. The Hall–Kier alpha value is -0.0400. The van der Waals surface area contributed by atoms with Crippen LogP contribution in [0.5, 0.6) is 0 Å². The third kappa shape index (κ3) is 4.66. The molecule has 0 aliphatic heterocycles. The van der Waals surface area contributed by atoms with Crippen molar-refractivity contribution in [1.82, 2.24) is 5.32 Å². The van der Waals surface area contributed by atoms with Crippen molar-refractivity contribution >= 4 is 0 Å². The van der Waals surface area contributed by atoms with Crippen molar-refractivity contribution in [2.45, 2.75) is 66.3 Å². The zero-order chi connectivity index (χ0) is 10.3. The lowest BCUT2D eigenvalue weighted by atomic mass is 9.79. The van der Waals surface area contributed by atoms with Crippen LogP contribution in [0.25, 0.3) is 0 Å². The maximum atomic E-state index is 3.61. The molecule has 1 heteroatoms. The quantitative estimate of drug-likeness (QED) is 0.639. The van der Waals surface area contributed by atoms with Crippen LogP contribution in [0.15, 0.2) is 0 Å². The molecule has 0 aromatic carbocycles. The fraction of sp³-hybridized carbons (Fsp3) is 1.00. The Kier molecular flexibility index (Phi) is 6.40. The van der Waals surface area contributed by atoms with E-state index in [1.165, 1.54) is 25.7 Å². The largest absolute Gasteiger partial charge is 0.314 e. The second-order valence-electron chi connectivity index (χ2n) is 4.59. The molecule has 0 aromatic heterocycles. The van der Waals surface area contributed by atoms with Gasteiger partial charge >= 0.3 is 0 Å². The minimum atomic E-state index is 0.450. The van der Waals surface area contributed by atoms with Gasteiger partial charge in [-0.15, -0.1) is 0 Å². The Balaban J connectivity index is 4.05. The van der Waals surface area contributed by atoms with Gasteiger partial charge in [-0.25, -0.2) is 0 Å². The van der Waals surface area contributed by atoms with Gasteiger partial charge in [0.2, 0.25) is 0 Å². The summed E-state index contributed by atoms with van der Waals surface area (Å²) < 4.78 is 0. The standard InChI is InChI=1S/C12H27N/c1-6-9-10-11(13-8-3)12(4,5)7-2/h11,13H,6-10H2,1-5H3. The van der Waals surface area contributed by atoms with Crippen LogP contribution in [0.4, 0.5) is 0 Å². The third-order valence-electron chi connectivity index (χ3n) is 3.15. The van der Waals surface area contributed by atoms with E-state index >= 15 is 0 Å². The van der Waals surface area contributed by atoms with Crippen LogP contribution in [-0.2, 0) is 0 Å². The van der Waals surface area contributed by atoms with E-state index in [1.807, 2.05) is 0 Å². The number of unbranched alkanes of at least 4 members (excludes halogenated alkanes) is 1. The van der Waals surface area contributed by atoms with Crippen molar-refractivity contribution in [3.05, 3.63) is 0 Å². The molecule has 0 aromatic rings. The van der Waals surface area contributed by atoms with Crippen molar-refractivity contribution in [2.75, 3.05) is 6.54 Å². The highest BCUT2D eigenvalue weighted by molar-refractivity contribution is 4.82. The number of hydrogen-bond donors (Lipinski definition) is 1. The summed E-state index contributed by atoms with van der Waals surface area (Å²) in [6.07, 6.45) is 5.24. The van der Waals surface area contributed by atoms with Crippen molar-refractivity contribution in [3.8, 4) is 0 Å². The van der Waals surface area contributed by atoms with E-state index in [2.05, 4.69) is 39.9 Å². The Labute approximate surface area is 84.3 Å². The third-order valence-corrected chi connectivity index (χ3v) is 3.15. The second kappa shape index (κ2) is 6.42. The van der Waals surface area contributed by atoms with Gasteiger partial charge in [0, 0.05) is 6.04 Å². The van der Waals surface area contributed by atoms with Gasteiger partial charge in [0.15, 0.2) is 0 Å². The van der Waals surface area contributed by atoms with Crippen LogP contribution in [-0.4, -0.2) is 12.6 Å². The van der Waals surface area contributed by atoms with E-state index in [4.69, 9.17) is 0 Å². The zero-order valence-corrected chi connectivity index (χ0v) is 10.1. The Morgan fingerprint density at radius 3 is 2.15 bits per heavy atom. The lowest BCUT2D eigenvalue weighted by Crippen LogP contribution is -2.41. The molecule has 0 saturated carbocycles. The molecule has 0 saturated heterocycles. The van der Waals surface area contributed by atoms with Gasteiger partial charge in [0.25, 0.3) is 0 Å². The molecule has 0 aliphatic carbocycles. The summed E-state index contributed by atoms with van der Waals surface area (Å²) in [5.74, 6) is 0. The van der Waals surface area contributed by atoms with E-state index in [9.17, 15) is 0 Å². The normalized spacial score (nSPS) is 14.5. The molecule has 13 heavy (non-hydrogen) atoms. The van der Waals surface area contributed by atoms with Gasteiger partial charge in [-0.2, -0.15) is 0 Å². The average Bonchev–Trinajstić information content (AvgIpc) is 2.12. The Bertz CT molecular complexity index is 118. The highest BCUT2D eigenvalue weighted by Gasteiger charge is 2.25. The molecule has 0 rings (SSSR count). The molecule has 80 valence electrons. The van der Waals surface area contributed by atoms with Gasteiger partial charge in [-0.3, -0.25) is 0 Å². The van der Waals surface area contributed by atoms with E-state index in [1.54, 1.807) is 0 Å². The molecule has 1 atom stereocenters. The number of hydrogen-bond acceptors (Lipinski definition) is 1. The maximum absolute atomic E-state index is 3.61. The van der Waals surface area contributed by atoms with Gasteiger partial charge in [-0.05, 0) is 24.8 Å². The molecule has 0 aliphatic rings. The van der Waals surface area contributed by atoms with Gasteiger partial charge in [-0.1, -0.05) is 47.5 Å². The van der Waals surface area contributed by atoms with E-state index in [-0.39, 0.29) is 0 Å². The van der Waals surface area contributed by atoms with Crippen LogP contribution in [0.2, 0.25) is 0 Å². The van der Waals surface area contributed by atoms with Crippen molar-refractivity contribution in [3.63, 3.8) is 0 Å². The fourth-order valence-electron chi connectivity index (χ4n) is 1.67. The Morgan fingerprint density at radius 1 is 1.15 bits per heavy atom. The van der Waals surface area contributed by atoms with E-state index in [0.29, 0.717) is 11.5 Å². The highest BCUT2D eigenvalue weighted by Crippen LogP contribution is 2.27. The van der Waals surface area contributed by atoms with Crippen LogP contribution in [0, 0.1) is 5.41 Å². The summed E-state index contributed by atoms with van der Waals surface area (Å²) in [6, 6.07) is 0.697. The molecule has 0 spiro atoms. The second-order valence-corrected chi connectivity index (χ2v) is 4.59. The van der Waals surface area contributed by atoms with Crippen molar-refractivity contribution in [2.24, 2.45) is 5.41 Å². The van der Waals surface area contributed by atoms with Gasteiger partial charge in [0.1, 0.15) is 0 Å². The lowest BCUT2D eigenvalue weighted by molar-refractivity contribution is 0.219. The highest BCUT2D eigenvalue weighted by atomic mass is 14.9. The molecule has 0 radical (unpaired) electrons. The molecular formula is C12H27N. The molecule has 0 bridgehead atoms. The summed E-state index contributed by atoms with van der Waals surface area (Å²) in [4.78, 5) is 0. The first-order valence-corrected chi connectivity index (χ1v) is 5.81. The summed E-state index contributed by atoms with van der Waals surface area (Å²) >= 11 is 0. The molecule has 1 unspecified atom stereocenters. The minimum absolute atomic E-state index is 0.450. The molecule has 1 nitrogen and oxygen atoms in total. The van der Waals surface area contributed by atoms with Crippen molar-refractivity contribution in [1.29, 1.82) is 0 Å². The first-order chi connectivity index (χ1) is 6.08. The summed E-state index contributed by atoms with van der Waals surface area (Å²) in [5, 5.41) is 3.61. The summed E-state index contributed by atoms with van der Waals surface area (Å²) in [7, 11) is 0. The molecule has 0 heterocycles. The molecule has 0 amide bonds. The van der Waals surface area contributed by atoms with Crippen LogP contribution < -0.4 is 5.32 Å². The number of nitrogens with one attached hydrogen (secondary N) is 1. The molecule has 0 fully saturated rings. The summed E-state index contributed by atoms with van der Waals surface area (Å²) in [6.45, 7) is 12.6. The van der Waals surface area contributed by atoms with E-state index < -0.39 is 0 Å².